The lowest BCUT2D eigenvalue weighted by Crippen LogP contribution is -2.46. The Labute approximate surface area is 259 Å². The fourth-order valence-electron chi connectivity index (χ4n) is 5.33. The molecule has 3 rings (SSSR count). The minimum Gasteiger partial charge on any atom is -0.545 e. The Bertz CT molecular complexity index is 1270. The molecule has 0 aromatic heterocycles. The van der Waals surface area contributed by atoms with Gasteiger partial charge in [-0.25, -0.2) is 4.79 Å². The summed E-state index contributed by atoms with van der Waals surface area (Å²) in [4.78, 5) is 25.1. The van der Waals surface area contributed by atoms with Crippen molar-refractivity contribution in [1.82, 2.24) is 0 Å². The highest BCUT2D eigenvalue weighted by atomic mass is 19.4. The number of ether oxygens (including phenoxy) is 2. The summed E-state index contributed by atoms with van der Waals surface area (Å²) in [5.41, 5.74) is 1.15. The van der Waals surface area contributed by atoms with Gasteiger partial charge in [-0.15, -0.1) is 0 Å². The minimum atomic E-state index is -4.69. The number of unbranched alkanes of at least 4 members (excludes halogenated alkanes) is 8. The van der Waals surface area contributed by atoms with Crippen molar-refractivity contribution in [3.8, 4) is 11.1 Å². The van der Waals surface area contributed by atoms with E-state index in [9.17, 15) is 27.9 Å². The Morgan fingerprint density at radius 1 is 0.886 bits per heavy atom. The van der Waals surface area contributed by atoms with E-state index in [1.807, 2.05) is 37.3 Å². The molecule has 2 atom stereocenters. The van der Waals surface area contributed by atoms with Crippen molar-refractivity contribution in [1.29, 1.82) is 0 Å². The molecule has 0 aliphatic heterocycles. The molecule has 8 heteroatoms. The van der Waals surface area contributed by atoms with Gasteiger partial charge in [-0.05, 0) is 59.2 Å². The van der Waals surface area contributed by atoms with Gasteiger partial charge in [-0.3, -0.25) is 0 Å². The average molecular weight is 614 g/mol. The molecule has 2 aromatic carbocycles. The molecule has 2 aromatic rings. The van der Waals surface area contributed by atoms with E-state index < -0.39 is 29.8 Å². The number of carboxylic acid groups (broad SMARTS) is 1. The van der Waals surface area contributed by atoms with Crippen LogP contribution < -0.4 is 5.11 Å². The van der Waals surface area contributed by atoms with Crippen LogP contribution in [0.2, 0.25) is 0 Å². The van der Waals surface area contributed by atoms with Crippen molar-refractivity contribution >= 4 is 17.5 Å². The largest absolute Gasteiger partial charge is 0.545 e. The smallest absolute Gasteiger partial charge is 0.425 e. The number of carbonyl (C=O) groups is 2. The summed E-state index contributed by atoms with van der Waals surface area (Å²) in [6.45, 7) is 4.32. The van der Waals surface area contributed by atoms with E-state index >= 15 is 0 Å². The molecular weight excluding hydrogens is 569 g/mol. The molecule has 0 spiro atoms. The van der Waals surface area contributed by atoms with Gasteiger partial charge in [0.05, 0.1) is 5.97 Å². The standard InChI is InChI=1S/C36H45F3O5/c1-3-5-7-9-10-15-25-43-35(34(42)44-32(36(37,38)39)18-14-8-6-4-2)23-21-28(22-24-35)30-20-19-29(33(40)41)26-31(30)27-16-12-11-13-17-27/h11-13,16-17,19-23,26,32H,3-10,14-15,18,24-25H2,1-2H3,(H,40,41)/p-1. The monoisotopic (exact) mass is 613 g/mol. The van der Waals surface area contributed by atoms with Crippen molar-refractivity contribution in [2.24, 2.45) is 0 Å². The van der Waals surface area contributed by atoms with Crippen molar-refractivity contribution in [3.63, 3.8) is 0 Å². The van der Waals surface area contributed by atoms with E-state index in [1.54, 1.807) is 18.2 Å². The summed E-state index contributed by atoms with van der Waals surface area (Å²) >= 11 is 0. The zero-order valence-electron chi connectivity index (χ0n) is 25.8. The average Bonchev–Trinajstić information content (AvgIpc) is 3.02. The van der Waals surface area contributed by atoms with Crippen molar-refractivity contribution in [3.05, 3.63) is 77.9 Å². The summed E-state index contributed by atoms with van der Waals surface area (Å²) in [5.74, 6) is -2.36. The van der Waals surface area contributed by atoms with Crippen molar-refractivity contribution in [2.45, 2.75) is 109 Å². The second-order valence-corrected chi connectivity index (χ2v) is 11.4. The number of hydrogen-bond donors (Lipinski definition) is 0. The summed E-state index contributed by atoms with van der Waals surface area (Å²) in [7, 11) is 0. The molecule has 0 bridgehead atoms. The van der Waals surface area contributed by atoms with Crippen molar-refractivity contribution in [2.75, 3.05) is 6.61 Å². The third-order valence-corrected chi connectivity index (χ3v) is 7.95. The third-order valence-electron chi connectivity index (χ3n) is 7.95. The highest BCUT2D eigenvalue weighted by molar-refractivity contribution is 5.94. The van der Waals surface area contributed by atoms with Crippen LogP contribution in [0.15, 0.2) is 66.8 Å². The predicted molar refractivity (Wildman–Crippen MR) is 165 cm³/mol. The first-order valence-electron chi connectivity index (χ1n) is 15.8. The molecule has 240 valence electrons. The number of alkyl halides is 3. The van der Waals surface area contributed by atoms with Gasteiger partial charge in [0.25, 0.3) is 0 Å². The summed E-state index contributed by atoms with van der Waals surface area (Å²) in [6.07, 6.45) is 6.25. The number of allylic oxidation sites excluding steroid dienone is 2. The number of carboxylic acids is 1. The van der Waals surface area contributed by atoms with Gasteiger partial charge < -0.3 is 19.4 Å². The molecule has 0 saturated heterocycles. The molecule has 0 radical (unpaired) electrons. The zero-order valence-corrected chi connectivity index (χ0v) is 25.8. The predicted octanol–water partition coefficient (Wildman–Crippen LogP) is 8.62. The molecule has 0 N–H and O–H groups in total. The van der Waals surface area contributed by atoms with E-state index in [2.05, 4.69) is 6.92 Å². The van der Waals surface area contributed by atoms with Crippen molar-refractivity contribution < 1.29 is 37.3 Å². The lowest BCUT2D eigenvalue weighted by Gasteiger charge is -2.33. The molecular formula is C36H44F3O5-. The quantitative estimate of drug-likeness (QED) is 0.124. The Hall–Kier alpha value is -3.39. The van der Waals surface area contributed by atoms with Gasteiger partial charge in [0.2, 0.25) is 0 Å². The lowest BCUT2D eigenvalue weighted by molar-refractivity contribution is -0.255. The molecule has 0 amide bonds. The highest BCUT2D eigenvalue weighted by Gasteiger charge is 2.47. The number of carbonyl (C=O) groups excluding carboxylic acids is 2. The maximum atomic E-state index is 13.9. The van der Waals surface area contributed by atoms with Gasteiger partial charge in [0.15, 0.2) is 11.7 Å². The fraction of sp³-hybridized carbons (Fsp3) is 0.500. The van der Waals surface area contributed by atoms with Crippen LogP contribution in [0.25, 0.3) is 16.7 Å². The number of aromatic carboxylic acids is 1. The van der Waals surface area contributed by atoms with Crippen LogP contribution >= 0.6 is 0 Å². The molecule has 44 heavy (non-hydrogen) atoms. The minimum absolute atomic E-state index is 0.0188. The molecule has 0 saturated carbocycles. The maximum absolute atomic E-state index is 13.9. The topological polar surface area (TPSA) is 75.7 Å². The van der Waals surface area contributed by atoms with Crippen LogP contribution in [0, 0.1) is 0 Å². The van der Waals surface area contributed by atoms with Crippen LogP contribution in [-0.2, 0) is 14.3 Å². The van der Waals surface area contributed by atoms with E-state index in [0.29, 0.717) is 36.0 Å². The van der Waals surface area contributed by atoms with Gasteiger partial charge in [0.1, 0.15) is 0 Å². The number of halogens is 3. The first kappa shape index (κ1) is 35.1. The third kappa shape index (κ3) is 10.1. The van der Waals surface area contributed by atoms with Crippen LogP contribution in [0.5, 0.6) is 0 Å². The van der Waals surface area contributed by atoms with Gasteiger partial charge in [-0.1, -0.05) is 120 Å². The lowest BCUT2D eigenvalue weighted by atomic mass is 9.85. The maximum Gasteiger partial charge on any atom is 0.425 e. The molecule has 5 nitrogen and oxygen atoms in total. The second kappa shape index (κ2) is 17.2. The Kier molecular flexibility index (Phi) is 13.7. The van der Waals surface area contributed by atoms with Gasteiger partial charge in [0, 0.05) is 13.0 Å². The SMILES string of the molecule is CCCCCCCCOC1(C(=O)OC(CCCCCC)C(F)(F)F)C=CC(c2ccc(C(=O)[O-])cc2-c2ccccc2)=CC1. The Morgan fingerprint density at radius 2 is 1.55 bits per heavy atom. The van der Waals surface area contributed by atoms with Crippen LogP contribution in [0.1, 0.15) is 107 Å². The number of rotatable bonds is 18. The first-order chi connectivity index (χ1) is 21.1. The number of hydrogen-bond acceptors (Lipinski definition) is 5. The van der Waals surface area contributed by atoms with Crippen LogP contribution in [0.4, 0.5) is 13.2 Å². The molecule has 2 unspecified atom stereocenters. The summed E-state index contributed by atoms with van der Waals surface area (Å²) < 4.78 is 53.0. The van der Waals surface area contributed by atoms with Crippen LogP contribution in [-0.4, -0.2) is 36.4 Å². The van der Waals surface area contributed by atoms with E-state index in [0.717, 1.165) is 50.5 Å². The Morgan fingerprint density at radius 3 is 2.16 bits per heavy atom. The molecule has 0 heterocycles. The molecule has 1 aliphatic carbocycles. The number of esters is 1. The normalized spacial score (nSPS) is 17.2. The van der Waals surface area contributed by atoms with E-state index in [1.165, 1.54) is 18.2 Å². The highest BCUT2D eigenvalue weighted by Crippen LogP contribution is 2.37. The summed E-state index contributed by atoms with van der Waals surface area (Å²) in [6, 6.07) is 13.9. The van der Waals surface area contributed by atoms with E-state index in [4.69, 9.17) is 9.47 Å². The van der Waals surface area contributed by atoms with Crippen LogP contribution in [0.3, 0.4) is 0 Å². The summed E-state index contributed by atoms with van der Waals surface area (Å²) in [5, 5.41) is 11.6. The fourth-order valence-corrected chi connectivity index (χ4v) is 5.33. The first-order valence-corrected chi connectivity index (χ1v) is 15.8. The van der Waals surface area contributed by atoms with E-state index in [-0.39, 0.29) is 25.0 Å². The second-order valence-electron chi connectivity index (χ2n) is 11.4. The zero-order chi connectivity index (χ0) is 32.0. The molecule has 1 aliphatic rings. The molecule has 0 fully saturated rings. The van der Waals surface area contributed by atoms with Gasteiger partial charge in [-0.2, -0.15) is 13.2 Å². The van der Waals surface area contributed by atoms with Gasteiger partial charge >= 0.3 is 12.1 Å². The number of benzene rings is 2. The Balaban J connectivity index is 1.87.